The van der Waals surface area contributed by atoms with E-state index in [1.165, 1.54) is 7.11 Å². The van der Waals surface area contributed by atoms with Crippen LogP contribution in [0.15, 0.2) is 25.3 Å². The van der Waals surface area contributed by atoms with Crippen LogP contribution in [0.3, 0.4) is 0 Å². The highest BCUT2D eigenvalue weighted by Gasteiger charge is 2.28. The van der Waals surface area contributed by atoms with Gasteiger partial charge in [0.1, 0.15) is 0 Å². The van der Waals surface area contributed by atoms with Crippen LogP contribution in [0.1, 0.15) is 13.3 Å². The minimum atomic E-state index is -0.615. The van der Waals surface area contributed by atoms with E-state index in [0.717, 1.165) is 0 Å². The molecule has 2 nitrogen and oxygen atoms in total. The van der Waals surface area contributed by atoms with Crippen molar-refractivity contribution in [1.29, 1.82) is 0 Å². The van der Waals surface area contributed by atoms with Crippen molar-refractivity contribution in [3.05, 3.63) is 25.3 Å². The third-order valence-electron chi connectivity index (χ3n) is 1.67. The van der Waals surface area contributed by atoms with Gasteiger partial charge in [0, 0.05) is 0 Å². The van der Waals surface area contributed by atoms with Gasteiger partial charge >= 0.3 is 5.97 Å². The van der Waals surface area contributed by atoms with E-state index in [4.69, 9.17) is 0 Å². The first kappa shape index (κ1) is 9.95. The lowest BCUT2D eigenvalue weighted by Gasteiger charge is -2.19. The van der Waals surface area contributed by atoms with E-state index < -0.39 is 5.41 Å². The van der Waals surface area contributed by atoms with Crippen LogP contribution in [0.5, 0.6) is 0 Å². The molecule has 0 aromatic carbocycles. The lowest BCUT2D eigenvalue weighted by atomic mass is 9.87. The number of carbonyl (C=O) groups excluding carboxylic acids is 1. The van der Waals surface area contributed by atoms with Gasteiger partial charge in [0.2, 0.25) is 0 Å². The molecule has 0 aromatic heterocycles. The zero-order valence-corrected chi connectivity index (χ0v) is 7.09. The molecule has 0 spiro atoms. The summed E-state index contributed by atoms with van der Waals surface area (Å²) < 4.78 is 4.60. The van der Waals surface area contributed by atoms with Gasteiger partial charge in [-0.15, -0.1) is 13.2 Å². The van der Waals surface area contributed by atoms with Crippen LogP contribution in [0.4, 0.5) is 0 Å². The van der Waals surface area contributed by atoms with Crippen molar-refractivity contribution in [2.75, 3.05) is 7.11 Å². The maximum atomic E-state index is 11.1. The first-order valence-electron chi connectivity index (χ1n) is 3.43. The maximum absolute atomic E-state index is 11.1. The number of allylic oxidation sites excluding steroid dienone is 1. The standard InChI is InChI=1S/C9H14O2/c1-5-7-9(3,6-2)8(10)11-4/h5-6H,1-2,7H2,3-4H3. The summed E-state index contributed by atoms with van der Waals surface area (Å²) in [6.07, 6.45) is 3.82. The minimum absolute atomic E-state index is 0.271. The quantitative estimate of drug-likeness (QED) is 0.457. The van der Waals surface area contributed by atoms with Gasteiger partial charge in [-0.1, -0.05) is 12.2 Å². The topological polar surface area (TPSA) is 26.3 Å². The molecule has 2 heteroatoms. The Kier molecular flexibility index (Phi) is 3.58. The molecule has 0 radical (unpaired) electrons. The molecule has 1 atom stereocenters. The van der Waals surface area contributed by atoms with Crippen molar-refractivity contribution >= 4 is 5.97 Å². The summed E-state index contributed by atoms with van der Waals surface area (Å²) in [6, 6.07) is 0. The summed E-state index contributed by atoms with van der Waals surface area (Å²) in [7, 11) is 1.37. The summed E-state index contributed by atoms with van der Waals surface area (Å²) in [5, 5.41) is 0. The Labute approximate surface area is 67.6 Å². The summed E-state index contributed by atoms with van der Waals surface area (Å²) in [5.74, 6) is -0.271. The zero-order chi connectivity index (χ0) is 8.91. The Hall–Kier alpha value is -1.05. The molecule has 0 aliphatic carbocycles. The Morgan fingerprint density at radius 2 is 2.18 bits per heavy atom. The molecule has 62 valence electrons. The molecule has 0 amide bonds. The summed E-state index contributed by atoms with van der Waals surface area (Å²) in [4.78, 5) is 11.1. The number of hydrogen-bond acceptors (Lipinski definition) is 2. The monoisotopic (exact) mass is 154 g/mol. The molecule has 0 N–H and O–H groups in total. The predicted octanol–water partition coefficient (Wildman–Crippen LogP) is 1.93. The second-order valence-corrected chi connectivity index (χ2v) is 2.61. The SMILES string of the molecule is C=CCC(C)(C=C)C(=O)OC. The summed E-state index contributed by atoms with van der Waals surface area (Å²) in [5.41, 5.74) is -0.615. The molecule has 0 fully saturated rings. The third kappa shape index (κ3) is 2.22. The van der Waals surface area contributed by atoms with E-state index in [-0.39, 0.29) is 5.97 Å². The fourth-order valence-corrected chi connectivity index (χ4v) is 0.783. The van der Waals surface area contributed by atoms with Gasteiger partial charge < -0.3 is 4.74 Å². The van der Waals surface area contributed by atoms with Crippen molar-refractivity contribution in [1.82, 2.24) is 0 Å². The largest absolute Gasteiger partial charge is 0.468 e. The molecule has 0 rings (SSSR count). The highest BCUT2D eigenvalue weighted by Crippen LogP contribution is 2.24. The molecular weight excluding hydrogens is 140 g/mol. The first-order chi connectivity index (χ1) is 5.10. The lowest BCUT2D eigenvalue weighted by molar-refractivity contribution is -0.148. The van der Waals surface area contributed by atoms with Crippen LogP contribution < -0.4 is 0 Å². The van der Waals surface area contributed by atoms with Crippen LogP contribution in [0, 0.1) is 5.41 Å². The summed E-state index contributed by atoms with van der Waals surface area (Å²) in [6.45, 7) is 8.90. The van der Waals surface area contributed by atoms with Crippen LogP contribution >= 0.6 is 0 Å². The average Bonchev–Trinajstić information content (AvgIpc) is 2.03. The molecule has 1 unspecified atom stereocenters. The molecule has 11 heavy (non-hydrogen) atoms. The molecule has 0 aromatic rings. The Balaban J connectivity index is 4.43. The lowest BCUT2D eigenvalue weighted by Crippen LogP contribution is -2.25. The maximum Gasteiger partial charge on any atom is 0.315 e. The number of carbonyl (C=O) groups is 1. The molecule has 0 saturated heterocycles. The van der Waals surface area contributed by atoms with Gasteiger partial charge in [-0.3, -0.25) is 4.79 Å². The molecule has 0 aliphatic heterocycles. The van der Waals surface area contributed by atoms with E-state index in [0.29, 0.717) is 6.42 Å². The van der Waals surface area contributed by atoms with Crippen molar-refractivity contribution < 1.29 is 9.53 Å². The van der Waals surface area contributed by atoms with Gasteiger partial charge in [-0.05, 0) is 13.3 Å². The van der Waals surface area contributed by atoms with Crippen molar-refractivity contribution in [3.63, 3.8) is 0 Å². The zero-order valence-electron chi connectivity index (χ0n) is 7.09. The van der Waals surface area contributed by atoms with Crippen molar-refractivity contribution in [2.24, 2.45) is 5.41 Å². The summed E-state index contributed by atoms with van der Waals surface area (Å²) >= 11 is 0. The van der Waals surface area contributed by atoms with Gasteiger partial charge in [0.05, 0.1) is 12.5 Å². The van der Waals surface area contributed by atoms with Crippen LogP contribution in [-0.4, -0.2) is 13.1 Å². The second kappa shape index (κ2) is 3.96. The van der Waals surface area contributed by atoms with Crippen molar-refractivity contribution in [3.8, 4) is 0 Å². The van der Waals surface area contributed by atoms with Gasteiger partial charge in [0.25, 0.3) is 0 Å². The normalized spacial score (nSPS) is 14.7. The molecule has 0 saturated carbocycles. The number of esters is 1. The Bertz CT molecular complexity index is 172. The number of hydrogen-bond donors (Lipinski definition) is 0. The molecular formula is C9H14O2. The fourth-order valence-electron chi connectivity index (χ4n) is 0.783. The Morgan fingerprint density at radius 3 is 2.45 bits per heavy atom. The first-order valence-corrected chi connectivity index (χ1v) is 3.43. The Morgan fingerprint density at radius 1 is 1.64 bits per heavy atom. The van der Waals surface area contributed by atoms with E-state index >= 15 is 0 Å². The smallest absolute Gasteiger partial charge is 0.315 e. The fraction of sp³-hybridized carbons (Fsp3) is 0.444. The van der Waals surface area contributed by atoms with E-state index in [9.17, 15) is 4.79 Å². The van der Waals surface area contributed by atoms with E-state index in [1.54, 1.807) is 19.1 Å². The minimum Gasteiger partial charge on any atom is -0.468 e. The predicted molar refractivity (Wildman–Crippen MR) is 45.1 cm³/mol. The average molecular weight is 154 g/mol. The third-order valence-corrected chi connectivity index (χ3v) is 1.67. The van der Waals surface area contributed by atoms with Gasteiger partial charge in [-0.25, -0.2) is 0 Å². The molecule has 0 bridgehead atoms. The van der Waals surface area contributed by atoms with Crippen LogP contribution in [0.2, 0.25) is 0 Å². The highest BCUT2D eigenvalue weighted by molar-refractivity contribution is 5.78. The van der Waals surface area contributed by atoms with Gasteiger partial charge in [-0.2, -0.15) is 0 Å². The second-order valence-electron chi connectivity index (χ2n) is 2.61. The number of ether oxygens (including phenoxy) is 1. The number of rotatable bonds is 4. The molecule has 0 aliphatic rings. The van der Waals surface area contributed by atoms with Crippen molar-refractivity contribution in [2.45, 2.75) is 13.3 Å². The molecule has 0 heterocycles. The van der Waals surface area contributed by atoms with Crippen LogP contribution in [0.25, 0.3) is 0 Å². The van der Waals surface area contributed by atoms with E-state index in [1.807, 2.05) is 0 Å². The van der Waals surface area contributed by atoms with E-state index in [2.05, 4.69) is 17.9 Å². The van der Waals surface area contributed by atoms with Gasteiger partial charge in [0.15, 0.2) is 0 Å². The highest BCUT2D eigenvalue weighted by atomic mass is 16.5. The number of methoxy groups -OCH3 is 1. The van der Waals surface area contributed by atoms with Crippen LogP contribution in [-0.2, 0) is 9.53 Å².